The van der Waals surface area contributed by atoms with Gasteiger partial charge in [0.25, 0.3) is 0 Å². The number of hydrogen-bond acceptors (Lipinski definition) is 2. The van der Waals surface area contributed by atoms with Crippen molar-refractivity contribution < 1.29 is 0 Å². The Labute approximate surface area is 108 Å². The van der Waals surface area contributed by atoms with Crippen LogP contribution in [0, 0.1) is 0 Å². The number of anilines is 1. The number of alkyl halides is 1. The Morgan fingerprint density at radius 1 is 1.33 bits per heavy atom. The SMILES string of the molecule is Clc1ccc(CBr)c(N2CCSCC2)c1. The third-order valence-electron chi connectivity index (χ3n) is 2.54. The van der Waals surface area contributed by atoms with Crippen molar-refractivity contribution in [2.75, 3.05) is 29.5 Å². The van der Waals surface area contributed by atoms with Crippen LogP contribution in [0.25, 0.3) is 0 Å². The maximum absolute atomic E-state index is 6.05. The summed E-state index contributed by atoms with van der Waals surface area (Å²) >= 11 is 11.6. The van der Waals surface area contributed by atoms with Crippen molar-refractivity contribution in [2.24, 2.45) is 0 Å². The minimum absolute atomic E-state index is 0.827. The molecular formula is C11H13BrClNS. The normalized spacial score (nSPS) is 16.8. The molecule has 1 aromatic rings. The lowest BCUT2D eigenvalue weighted by atomic mass is 10.2. The van der Waals surface area contributed by atoms with Gasteiger partial charge in [-0.25, -0.2) is 0 Å². The van der Waals surface area contributed by atoms with E-state index in [1.807, 2.05) is 17.8 Å². The van der Waals surface area contributed by atoms with Crippen LogP contribution in [0.15, 0.2) is 18.2 Å². The Balaban J connectivity index is 2.27. The first-order chi connectivity index (χ1) is 7.31. The molecule has 0 atom stereocenters. The number of hydrogen-bond donors (Lipinski definition) is 0. The molecule has 0 spiro atoms. The molecule has 0 bridgehead atoms. The molecule has 0 unspecified atom stereocenters. The van der Waals surface area contributed by atoms with E-state index in [-0.39, 0.29) is 0 Å². The lowest BCUT2D eigenvalue weighted by Crippen LogP contribution is -2.33. The average molecular weight is 307 g/mol. The van der Waals surface area contributed by atoms with Crippen molar-refractivity contribution in [2.45, 2.75) is 5.33 Å². The zero-order valence-corrected chi connectivity index (χ0v) is 11.5. The van der Waals surface area contributed by atoms with Gasteiger partial charge < -0.3 is 4.90 Å². The highest BCUT2D eigenvalue weighted by Crippen LogP contribution is 2.28. The molecule has 0 aromatic heterocycles. The van der Waals surface area contributed by atoms with Crippen molar-refractivity contribution in [3.8, 4) is 0 Å². The molecule has 1 saturated heterocycles. The van der Waals surface area contributed by atoms with Gasteiger partial charge in [0.2, 0.25) is 0 Å². The van der Waals surface area contributed by atoms with Crippen LogP contribution in [0.1, 0.15) is 5.56 Å². The Hall–Kier alpha value is 0.140. The maximum Gasteiger partial charge on any atom is 0.0426 e. The minimum atomic E-state index is 0.827. The summed E-state index contributed by atoms with van der Waals surface area (Å²) < 4.78 is 0. The largest absolute Gasteiger partial charge is 0.370 e. The Morgan fingerprint density at radius 3 is 2.73 bits per heavy atom. The van der Waals surface area contributed by atoms with E-state index in [0.717, 1.165) is 23.4 Å². The van der Waals surface area contributed by atoms with Gasteiger partial charge in [0.1, 0.15) is 0 Å². The van der Waals surface area contributed by atoms with E-state index in [9.17, 15) is 0 Å². The Kier molecular flexibility index (Phi) is 4.23. The Bertz CT molecular complexity index is 339. The number of rotatable bonds is 2. The van der Waals surface area contributed by atoms with E-state index in [2.05, 4.69) is 33.0 Å². The molecule has 0 amide bonds. The highest BCUT2D eigenvalue weighted by Gasteiger charge is 2.14. The average Bonchev–Trinajstić information content (AvgIpc) is 2.30. The van der Waals surface area contributed by atoms with Crippen LogP contribution in [0.4, 0.5) is 5.69 Å². The zero-order chi connectivity index (χ0) is 10.7. The monoisotopic (exact) mass is 305 g/mol. The molecule has 0 aliphatic carbocycles. The van der Waals surface area contributed by atoms with Crippen LogP contribution in [0.3, 0.4) is 0 Å². The number of benzene rings is 1. The summed E-state index contributed by atoms with van der Waals surface area (Å²) in [6.07, 6.45) is 0. The highest BCUT2D eigenvalue weighted by atomic mass is 79.9. The van der Waals surface area contributed by atoms with Gasteiger partial charge in [0, 0.05) is 40.6 Å². The molecular weight excluding hydrogens is 294 g/mol. The molecule has 0 N–H and O–H groups in total. The lowest BCUT2D eigenvalue weighted by Gasteiger charge is -2.30. The van der Waals surface area contributed by atoms with Crippen LogP contribution >= 0.6 is 39.3 Å². The summed E-state index contributed by atoms with van der Waals surface area (Å²) in [5.41, 5.74) is 2.62. The molecule has 4 heteroatoms. The number of thioether (sulfide) groups is 1. The van der Waals surface area contributed by atoms with Gasteiger partial charge in [0.05, 0.1) is 0 Å². The fourth-order valence-electron chi connectivity index (χ4n) is 1.75. The summed E-state index contributed by atoms with van der Waals surface area (Å²) in [5, 5.41) is 1.72. The topological polar surface area (TPSA) is 3.24 Å². The molecule has 1 aromatic carbocycles. The van der Waals surface area contributed by atoms with Crippen LogP contribution in [0.5, 0.6) is 0 Å². The molecule has 15 heavy (non-hydrogen) atoms. The molecule has 1 aliphatic heterocycles. The summed E-state index contributed by atoms with van der Waals surface area (Å²) in [7, 11) is 0. The third kappa shape index (κ3) is 2.83. The number of nitrogens with zero attached hydrogens (tertiary/aromatic N) is 1. The third-order valence-corrected chi connectivity index (χ3v) is 4.32. The van der Waals surface area contributed by atoms with Gasteiger partial charge in [-0.2, -0.15) is 11.8 Å². The van der Waals surface area contributed by atoms with E-state index < -0.39 is 0 Å². The van der Waals surface area contributed by atoms with Gasteiger partial charge in [-0.3, -0.25) is 0 Å². The highest BCUT2D eigenvalue weighted by molar-refractivity contribution is 9.08. The van der Waals surface area contributed by atoms with Gasteiger partial charge in [-0.1, -0.05) is 33.6 Å². The van der Waals surface area contributed by atoms with Crippen LogP contribution in [-0.4, -0.2) is 24.6 Å². The van der Waals surface area contributed by atoms with Gasteiger partial charge in [-0.15, -0.1) is 0 Å². The van der Waals surface area contributed by atoms with Gasteiger partial charge in [0.15, 0.2) is 0 Å². The molecule has 0 radical (unpaired) electrons. The van der Waals surface area contributed by atoms with Crippen molar-refractivity contribution in [3.63, 3.8) is 0 Å². The van der Waals surface area contributed by atoms with E-state index in [1.54, 1.807) is 0 Å². The van der Waals surface area contributed by atoms with Crippen molar-refractivity contribution in [3.05, 3.63) is 28.8 Å². The smallest absolute Gasteiger partial charge is 0.0426 e. The standard InChI is InChI=1S/C11H13BrClNS/c12-8-9-1-2-10(13)7-11(9)14-3-5-15-6-4-14/h1-2,7H,3-6,8H2. The molecule has 1 nitrogen and oxygen atoms in total. The lowest BCUT2D eigenvalue weighted by molar-refractivity contribution is 0.854. The first-order valence-electron chi connectivity index (χ1n) is 4.98. The minimum Gasteiger partial charge on any atom is -0.370 e. The quantitative estimate of drug-likeness (QED) is 0.765. The van der Waals surface area contributed by atoms with Crippen LogP contribution < -0.4 is 4.90 Å². The second-order valence-electron chi connectivity index (χ2n) is 3.51. The maximum atomic E-state index is 6.05. The van der Waals surface area contributed by atoms with Crippen molar-refractivity contribution >= 4 is 45.0 Å². The van der Waals surface area contributed by atoms with Crippen molar-refractivity contribution in [1.29, 1.82) is 0 Å². The second-order valence-corrected chi connectivity index (χ2v) is 5.73. The fraction of sp³-hybridized carbons (Fsp3) is 0.455. The second kappa shape index (κ2) is 5.46. The zero-order valence-electron chi connectivity index (χ0n) is 8.38. The Morgan fingerprint density at radius 2 is 2.07 bits per heavy atom. The summed E-state index contributed by atoms with van der Waals surface area (Å²) in [5.74, 6) is 2.43. The van der Waals surface area contributed by atoms with Gasteiger partial charge in [-0.05, 0) is 17.7 Å². The van der Waals surface area contributed by atoms with Crippen LogP contribution in [0.2, 0.25) is 5.02 Å². The van der Waals surface area contributed by atoms with E-state index >= 15 is 0 Å². The summed E-state index contributed by atoms with van der Waals surface area (Å²) in [4.78, 5) is 2.43. The first kappa shape index (κ1) is 11.6. The molecule has 1 heterocycles. The predicted molar refractivity (Wildman–Crippen MR) is 73.6 cm³/mol. The molecule has 82 valence electrons. The van der Waals surface area contributed by atoms with Crippen molar-refractivity contribution in [1.82, 2.24) is 0 Å². The first-order valence-corrected chi connectivity index (χ1v) is 7.64. The molecule has 1 fully saturated rings. The fourth-order valence-corrected chi connectivity index (χ4v) is 3.29. The van der Waals surface area contributed by atoms with E-state index in [0.29, 0.717) is 0 Å². The van der Waals surface area contributed by atoms with E-state index in [1.165, 1.54) is 22.8 Å². The predicted octanol–water partition coefficient (Wildman–Crippen LogP) is 3.79. The van der Waals surface area contributed by atoms with Crippen LogP contribution in [-0.2, 0) is 5.33 Å². The van der Waals surface area contributed by atoms with E-state index in [4.69, 9.17) is 11.6 Å². The summed E-state index contributed by atoms with van der Waals surface area (Å²) in [6.45, 7) is 2.26. The number of halogens is 2. The summed E-state index contributed by atoms with van der Waals surface area (Å²) in [6, 6.07) is 6.14. The van der Waals surface area contributed by atoms with Gasteiger partial charge >= 0.3 is 0 Å². The molecule has 0 saturated carbocycles. The molecule has 2 rings (SSSR count). The molecule has 1 aliphatic rings.